The Hall–Kier alpha value is 1.05. The molecule has 0 unspecified atom stereocenters. The van der Waals surface area contributed by atoms with Crippen LogP contribution in [0.15, 0.2) is 0 Å². The largest absolute Gasteiger partial charge is 0.263 e. The average Bonchev–Trinajstić information content (AvgIpc) is 1.35. The molecular formula is C3H7O2SY-. The van der Waals surface area contributed by atoms with Crippen molar-refractivity contribution in [2.24, 2.45) is 0 Å². The van der Waals surface area contributed by atoms with Crippen molar-refractivity contribution in [2.75, 3.05) is 5.75 Å². The van der Waals surface area contributed by atoms with Crippen LogP contribution >= 0.6 is 0 Å². The average molecular weight is 196 g/mol. The molecule has 0 amide bonds. The van der Waals surface area contributed by atoms with Gasteiger partial charge in [0.25, 0.3) is 0 Å². The molecule has 0 saturated heterocycles. The van der Waals surface area contributed by atoms with E-state index in [9.17, 15) is 8.42 Å². The topological polar surface area (TPSA) is 34.1 Å². The third-order valence-corrected chi connectivity index (χ3v) is 1.32. The van der Waals surface area contributed by atoms with Crippen LogP contribution in [0.5, 0.6) is 0 Å². The Morgan fingerprint density at radius 1 is 1.57 bits per heavy atom. The van der Waals surface area contributed by atoms with E-state index in [0.29, 0.717) is 0 Å². The summed E-state index contributed by atoms with van der Waals surface area (Å²) in [5.74, 6) is 0.132. The minimum absolute atomic E-state index is 0. The molecule has 7 heavy (non-hydrogen) atoms. The Balaban J connectivity index is 0. The second-order valence-corrected chi connectivity index (χ2v) is 3.10. The summed E-state index contributed by atoms with van der Waals surface area (Å²) in [5, 5.41) is 0. The molecule has 0 aromatic heterocycles. The van der Waals surface area contributed by atoms with Crippen molar-refractivity contribution >= 4 is 9.84 Å². The summed E-state index contributed by atoms with van der Waals surface area (Å²) in [7, 11) is -2.91. The fourth-order valence-corrected chi connectivity index (χ4v) is 0. The molecule has 0 heterocycles. The summed E-state index contributed by atoms with van der Waals surface area (Å²) in [6.07, 6.45) is 2.86. The zero-order chi connectivity index (χ0) is 5.21. The first kappa shape index (κ1) is 10.9. The van der Waals surface area contributed by atoms with Crippen molar-refractivity contribution in [3.05, 3.63) is 6.26 Å². The van der Waals surface area contributed by atoms with Crippen LogP contribution < -0.4 is 0 Å². The third-order valence-electron chi connectivity index (χ3n) is 0.440. The molecule has 0 N–H and O–H groups in total. The van der Waals surface area contributed by atoms with Gasteiger partial charge in [-0.25, -0.2) is 6.26 Å². The van der Waals surface area contributed by atoms with Gasteiger partial charge in [0.05, 0.1) is 0 Å². The predicted molar refractivity (Wildman–Crippen MR) is 24.8 cm³/mol. The SMILES string of the molecule is [CH2-]S(=O)(=O)CC.[Y]. The van der Waals surface area contributed by atoms with E-state index in [0.717, 1.165) is 0 Å². The van der Waals surface area contributed by atoms with Crippen molar-refractivity contribution < 1.29 is 41.1 Å². The van der Waals surface area contributed by atoms with E-state index in [2.05, 4.69) is 6.26 Å². The van der Waals surface area contributed by atoms with E-state index in [1.165, 1.54) is 0 Å². The zero-order valence-corrected chi connectivity index (χ0v) is 7.87. The maximum Gasteiger partial charge on any atom is 0.0211 e. The van der Waals surface area contributed by atoms with E-state index in [-0.39, 0.29) is 38.5 Å². The van der Waals surface area contributed by atoms with Crippen LogP contribution in [0.1, 0.15) is 6.92 Å². The summed E-state index contributed by atoms with van der Waals surface area (Å²) in [6.45, 7) is 1.56. The molecule has 0 bridgehead atoms. The molecule has 0 aromatic rings. The number of rotatable bonds is 1. The van der Waals surface area contributed by atoms with Crippen LogP contribution in [0.4, 0.5) is 0 Å². The third kappa shape index (κ3) is 11.0. The van der Waals surface area contributed by atoms with Crippen LogP contribution in [0.2, 0.25) is 0 Å². The Morgan fingerprint density at radius 2 is 1.71 bits per heavy atom. The Kier molecular flexibility index (Phi) is 6.23. The standard InChI is InChI=1S/C3H7O2S.Y/c1-3-6(2,4)5;/h2-3H2,1H3;/q-1;. The summed E-state index contributed by atoms with van der Waals surface area (Å²) in [5.41, 5.74) is 0. The maximum absolute atomic E-state index is 9.89. The summed E-state index contributed by atoms with van der Waals surface area (Å²) < 4.78 is 19.8. The summed E-state index contributed by atoms with van der Waals surface area (Å²) in [4.78, 5) is 0. The molecular weight excluding hydrogens is 189 g/mol. The van der Waals surface area contributed by atoms with E-state index < -0.39 is 9.84 Å². The maximum atomic E-state index is 9.89. The van der Waals surface area contributed by atoms with E-state index >= 15 is 0 Å². The van der Waals surface area contributed by atoms with Gasteiger partial charge in [-0.15, -0.1) is 0 Å². The Labute approximate surface area is 69.5 Å². The van der Waals surface area contributed by atoms with Gasteiger partial charge in [-0.1, -0.05) is 6.92 Å². The van der Waals surface area contributed by atoms with Crippen molar-refractivity contribution in [2.45, 2.75) is 6.92 Å². The van der Waals surface area contributed by atoms with Crippen molar-refractivity contribution in [1.82, 2.24) is 0 Å². The summed E-state index contributed by atoms with van der Waals surface area (Å²) in [6, 6.07) is 0. The van der Waals surface area contributed by atoms with Crippen molar-refractivity contribution in [3.8, 4) is 0 Å². The van der Waals surface area contributed by atoms with Gasteiger partial charge in [0.1, 0.15) is 0 Å². The van der Waals surface area contributed by atoms with Gasteiger partial charge < -0.3 is 0 Å². The first-order valence-corrected chi connectivity index (χ1v) is 3.44. The molecule has 0 aromatic carbocycles. The van der Waals surface area contributed by atoms with Gasteiger partial charge in [0, 0.05) is 48.3 Å². The molecule has 0 fully saturated rings. The number of hydrogen-bond donors (Lipinski definition) is 0. The van der Waals surface area contributed by atoms with E-state index in [1.807, 2.05) is 0 Å². The minimum Gasteiger partial charge on any atom is -0.263 e. The fourth-order valence-electron chi connectivity index (χ4n) is 0. The van der Waals surface area contributed by atoms with Crippen LogP contribution in [0, 0.1) is 6.26 Å². The second-order valence-electron chi connectivity index (χ2n) is 1.03. The van der Waals surface area contributed by atoms with Crippen LogP contribution in [-0.4, -0.2) is 14.2 Å². The quantitative estimate of drug-likeness (QED) is 0.562. The Morgan fingerprint density at radius 3 is 1.71 bits per heavy atom. The van der Waals surface area contributed by atoms with Gasteiger partial charge >= 0.3 is 0 Å². The predicted octanol–water partition coefficient (Wildman–Crippen LogP) is 0.210. The number of hydrogen-bond acceptors (Lipinski definition) is 2. The minimum atomic E-state index is -2.91. The second kappa shape index (κ2) is 3.99. The van der Waals surface area contributed by atoms with Crippen LogP contribution in [0.25, 0.3) is 0 Å². The van der Waals surface area contributed by atoms with Crippen LogP contribution in [0.3, 0.4) is 0 Å². The normalized spacial score (nSPS) is 10.0. The first-order valence-electron chi connectivity index (χ1n) is 1.62. The first-order chi connectivity index (χ1) is 2.56. The van der Waals surface area contributed by atoms with Gasteiger partial charge in [-0.05, 0) is 0 Å². The fraction of sp³-hybridized carbons (Fsp3) is 0.667. The van der Waals surface area contributed by atoms with Crippen molar-refractivity contribution in [1.29, 1.82) is 0 Å². The summed E-state index contributed by atoms with van der Waals surface area (Å²) >= 11 is 0. The molecule has 0 saturated carbocycles. The van der Waals surface area contributed by atoms with Gasteiger partial charge in [0.2, 0.25) is 0 Å². The smallest absolute Gasteiger partial charge is 0.0211 e. The zero-order valence-electron chi connectivity index (χ0n) is 4.22. The van der Waals surface area contributed by atoms with E-state index in [4.69, 9.17) is 0 Å². The molecule has 1 radical (unpaired) electrons. The van der Waals surface area contributed by atoms with Crippen molar-refractivity contribution in [3.63, 3.8) is 0 Å². The molecule has 41 valence electrons. The van der Waals surface area contributed by atoms with Crippen LogP contribution in [-0.2, 0) is 42.5 Å². The molecule has 0 rings (SSSR count). The molecule has 0 aliphatic heterocycles. The molecule has 0 aliphatic rings. The molecule has 0 aliphatic carbocycles. The molecule has 2 nitrogen and oxygen atoms in total. The molecule has 0 atom stereocenters. The molecule has 0 spiro atoms. The number of sulfone groups is 1. The molecule has 4 heteroatoms. The van der Waals surface area contributed by atoms with Gasteiger partial charge in [-0.2, -0.15) is 0 Å². The van der Waals surface area contributed by atoms with Gasteiger partial charge in [-0.3, -0.25) is 8.42 Å². The van der Waals surface area contributed by atoms with E-state index in [1.54, 1.807) is 6.92 Å². The van der Waals surface area contributed by atoms with Gasteiger partial charge in [0.15, 0.2) is 0 Å². The Bertz CT molecular complexity index is 115. The monoisotopic (exact) mass is 196 g/mol.